The van der Waals surface area contributed by atoms with Gasteiger partial charge in [0.05, 0.1) is 5.69 Å². The molecular formula is C6H9KN2OS. The minimum atomic E-state index is -0.203. The van der Waals surface area contributed by atoms with Gasteiger partial charge in [0, 0.05) is 5.69 Å². The molecule has 56 valence electrons. The summed E-state index contributed by atoms with van der Waals surface area (Å²) >= 11 is 4.52. The van der Waals surface area contributed by atoms with Crippen LogP contribution in [0.25, 0.3) is 0 Å². The van der Waals surface area contributed by atoms with E-state index in [9.17, 15) is 0 Å². The van der Waals surface area contributed by atoms with Crippen molar-refractivity contribution in [3.05, 3.63) is 17.5 Å². The van der Waals surface area contributed by atoms with E-state index in [4.69, 9.17) is 5.11 Å². The molecule has 1 aromatic heterocycles. The predicted molar refractivity (Wildman–Crippen MR) is 49.5 cm³/mol. The van der Waals surface area contributed by atoms with Gasteiger partial charge in [-0.15, -0.1) is 0 Å². The molecule has 0 amide bonds. The summed E-state index contributed by atoms with van der Waals surface area (Å²) in [5.41, 5.74) is 1.71. The Hall–Kier alpha value is 0.736. The second-order valence-electron chi connectivity index (χ2n) is 2.12. The van der Waals surface area contributed by atoms with Crippen LogP contribution in [0.5, 0.6) is 0 Å². The zero-order chi connectivity index (χ0) is 7.72. The summed E-state index contributed by atoms with van der Waals surface area (Å²) in [7, 11) is 0. The molecule has 3 nitrogen and oxygen atoms in total. The van der Waals surface area contributed by atoms with E-state index in [2.05, 4.69) is 17.3 Å². The zero-order valence-electron chi connectivity index (χ0n) is 5.83. The van der Waals surface area contributed by atoms with E-state index in [-0.39, 0.29) is 56.6 Å². The Bertz CT molecular complexity index is 272. The van der Waals surface area contributed by atoms with E-state index in [0.29, 0.717) is 0 Å². The first-order valence-corrected chi connectivity index (χ1v) is 3.28. The van der Waals surface area contributed by atoms with Crippen molar-refractivity contribution in [2.45, 2.75) is 13.8 Å². The Labute approximate surface area is 113 Å². The van der Waals surface area contributed by atoms with Crippen LogP contribution in [-0.2, 0) is 0 Å². The third-order valence-corrected chi connectivity index (χ3v) is 1.36. The van der Waals surface area contributed by atoms with Gasteiger partial charge in [-0.3, -0.25) is 0 Å². The van der Waals surface area contributed by atoms with Crippen LogP contribution < -0.4 is 0 Å². The molecule has 0 aliphatic heterocycles. The van der Waals surface area contributed by atoms with Crippen molar-refractivity contribution in [2.24, 2.45) is 0 Å². The van der Waals surface area contributed by atoms with Crippen LogP contribution >= 0.6 is 12.2 Å². The van der Waals surface area contributed by atoms with Gasteiger partial charge in [-0.25, -0.2) is 0 Å². The van der Waals surface area contributed by atoms with Crippen molar-refractivity contribution >= 4 is 68.8 Å². The molecule has 0 fully saturated rings. The van der Waals surface area contributed by atoms with Crippen LogP contribution in [0, 0.1) is 13.8 Å². The van der Waals surface area contributed by atoms with Gasteiger partial charge in [0.2, 0.25) is 0 Å². The van der Waals surface area contributed by atoms with Gasteiger partial charge in [-0.1, -0.05) is 0 Å². The third-order valence-electron chi connectivity index (χ3n) is 1.19. The Morgan fingerprint density at radius 2 is 2.18 bits per heavy atom. The molecule has 1 N–H and O–H groups in total. The monoisotopic (exact) mass is 196 g/mol. The van der Waals surface area contributed by atoms with Gasteiger partial charge < -0.3 is 5.11 Å². The normalized spacial score (nSPS) is 8.91. The molecule has 1 rings (SSSR count). The number of rotatable bonds is 0. The molecule has 0 aliphatic carbocycles. The molecule has 0 spiro atoms. The van der Waals surface area contributed by atoms with Gasteiger partial charge in [0.25, 0.3) is 5.17 Å². The first-order valence-electron chi connectivity index (χ1n) is 2.88. The SMILES string of the molecule is Cc1cc(C)n(C(O)=S)n1.[KH]. The van der Waals surface area contributed by atoms with Crippen molar-refractivity contribution in [2.75, 3.05) is 0 Å². The van der Waals surface area contributed by atoms with E-state index in [1.807, 2.05) is 19.9 Å². The van der Waals surface area contributed by atoms with Crippen molar-refractivity contribution < 1.29 is 5.11 Å². The topological polar surface area (TPSA) is 38.0 Å². The second-order valence-corrected chi connectivity index (χ2v) is 2.49. The van der Waals surface area contributed by atoms with Gasteiger partial charge in [0.1, 0.15) is 0 Å². The quantitative estimate of drug-likeness (QED) is 0.486. The zero-order valence-corrected chi connectivity index (χ0v) is 6.64. The number of aryl methyl sites for hydroxylation is 2. The first kappa shape index (κ1) is 11.7. The molecule has 0 aliphatic rings. The first-order chi connectivity index (χ1) is 4.61. The van der Waals surface area contributed by atoms with Gasteiger partial charge in [0.15, 0.2) is 0 Å². The Balaban J connectivity index is 0.000001000. The van der Waals surface area contributed by atoms with Gasteiger partial charge >= 0.3 is 51.4 Å². The van der Waals surface area contributed by atoms with Crippen LogP contribution in [0.1, 0.15) is 11.4 Å². The average Bonchev–Trinajstić information content (AvgIpc) is 2.10. The molecule has 0 saturated heterocycles. The molecule has 0 radical (unpaired) electrons. The maximum atomic E-state index is 8.85. The van der Waals surface area contributed by atoms with Crippen LogP contribution in [0.2, 0.25) is 0 Å². The predicted octanol–water partition coefficient (Wildman–Crippen LogP) is 0.542. The standard InChI is InChI=1S/C6H8N2OS.K.H/c1-4-3-5(2)8(7-4)6(9)10;;/h3H,1-2H3,(H,9,10);;. The summed E-state index contributed by atoms with van der Waals surface area (Å²) in [6.07, 6.45) is 0. The summed E-state index contributed by atoms with van der Waals surface area (Å²) in [4.78, 5) is 0. The molecule has 0 bridgehead atoms. The average molecular weight is 196 g/mol. The molecule has 0 unspecified atom stereocenters. The number of aliphatic hydroxyl groups excluding tert-OH is 1. The Morgan fingerprint density at radius 1 is 1.64 bits per heavy atom. The van der Waals surface area contributed by atoms with Crippen LogP contribution in [0.4, 0.5) is 0 Å². The summed E-state index contributed by atoms with van der Waals surface area (Å²) in [5, 5.41) is 12.6. The number of thiocarbonyl (C=S) groups is 1. The van der Waals surface area contributed by atoms with E-state index in [1.54, 1.807) is 0 Å². The van der Waals surface area contributed by atoms with E-state index in [0.717, 1.165) is 11.4 Å². The van der Waals surface area contributed by atoms with Crippen molar-refractivity contribution in [1.29, 1.82) is 0 Å². The molecule has 0 atom stereocenters. The molecule has 0 aromatic carbocycles. The summed E-state index contributed by atoms with van der Waals surface area (Å²) in [5.74, 6) is 0. The van der Waals surface area contributed by atoms with Gasteiger partial charge in [-0.2, -0.15) is 9.78 Å². The number of hydrogen-bond acceptors (Lipinski definition) is 2. The van der Waals surface area contributed by atoms with Gasteiger partial charge in [-0.05, 0) is 32.1 Å². The molecule has 11 heavy (non-hydrogen) atoms. The van der Waals surface area contributed by atoms with E-state index < -0.39 is 0 Å². The molecule has 0 saturated carbocycles. The van der Waals surface area contributed by atoms with Crippen molar-refractivity contribution in [1.82, 2.24) is 9.78 Å². The molecule has 1 aromatic rings. The van der Waals surface area contributed by atoms with Crippen molar-refractivity contribution in [3.8, 4) is 0 Å². The number of hydrogen-bond donors (Lipinski definition) is 1. The molecular weight excluding hydrogens is 187 g/mol. The minimum absolute atomic E-state index is 0. The summed E-state index contributed by atoms with van der Waals surface area (Å²) in [6, 6.07) is 1.85. The number of aromatic nitrogens is 2. The Morgan fingerprint density at radius 3 is 2.36 bits per heavy atom. The number of nitrogens with zero attached hydrogens (tertiary/aromatic N) is 2. The second kappa shape index (κ2) is 4.69. The molecule has 5 heteroatoms. The third kappa shape index (κ3) is 2.93. The maximum absolute atomic E-state index is 8.85. The van der Waals surface area contributed by atoms with Crippen LogP contribution in [0.15, 0.2) is 6.07 Å². The number of aliphatic hydroxyl groups is 1. The Kier molecular flexibility index (Phi) is 5.00. The van der Waals surface area contributed by atoms with Crippen molar-refractivity contribution in [3.63, 3.8) is 0 Å². The summed E-state index contributed by atoms with van der Waals surface area (Å²) < 4.78 is 1.32. The van der Waals surface area contributed by atoms with Crippen LogP contribution in [0.3, 0.4) is 0 Å². The van der Waals surface area contributed by atoms with E-state index in [1.165, 1.54) is 4.68 Å². The fourth-order valence-corrected chi connectivity index (χ4v) is 1.01. The molecule has 1 heterocycles. The fourth-order valence-electron chi connectivity index (χ4n) is 0.823. The van der Waals surface area contributed by atoms with Crippen LogP contribution in [-0.4, -0.2) is 71.4 Å². The fraction of sp³-hybridized carbons (Fsp3) is 0.333. The summed E-state index contributed by atoms with van der Waals surface area (Å²) in [6.45, 7) is 3.68. The van der Waals surface area contributed by atoms with E-state index >= 15 is 0 Å².